The van der Waals surface area contributed by atoms with Gasteiger partial charge in [-0.1, -0.05) is 11.6 Å². The number of carbonyl (C=O) groups excluding carboxylic acids is 1. The van der Waals surface area contributed by atoms with Crippen LogP contribution in [0.2, 0.25) is 5.02 Å². The van der Waals surface area contributed by atoms with Crippen molar-refractivity contribution in [2.45, 2.75) is 6.92 Å². The highest BCUT2D eigenvalue weighted by Crippen LogP contribution is 2.23. The number of pyridine rings is 1. The summed E-state index contributed by atoms with van der Waals surface area (Å²) in [6.45, 7) is 1.85. The van der Waals surface area contributed by atoms with Gasteiger partial charge >= 0.3 is 11.7 Å². The van der Waals surface area contributed by atoms with Gasteiger partial charge < -0.3 is 4.74 Å². The van der Waals surface area contributed by atoms with Crippen molar-refractivity contribution >= 4 is 23.3 Å². The number of ether oxygens (including phenoxy) is 1. The molecule has 0 saturated heterocycles. The van der Waals surface area contributed by atoms with Crippen LogP contribution in [0, 0.1) is 10.1 Å². The number of nitro groups is 1. The van der Waals surface area contributed by atoms with Crippen molar-refractivity contribution in [2.24, 2.45) is 0 Å². The Labute approximate surface area is 90.0 Å². The minimum atomic E-state index is -0.676. The molecule has 80 valence electrons. The molecular formula is C8H7ClN2O4. The van der Waals surface area contributed by atoms with Gasteiger partial charge in [0.1, 0.15) is 16.9 Å². The van der Waals surface area contributed by atoms with Crippen molar-refractivity contribution in [3.05, 3.63) is 33.1 Å². The molecule has 0 fully saturated rings. The summed E-state index contributed by atoms with van der Waals surface area (Å²) < 4.78 is 4.65. The van der Waals surface area contributed by atoms with Crippen LogP contribution in [-0.4, -0.2) is 22.5 Å². The third-order valence-corrected chi connectivity index (χ3v) is 1.82. The smallest absolute Gasteiger partial charge is 0.356 e. The van der Waals surface area contributed by atoms with Gasteiger partial charge in [0.15, 0.2) is 0 Å². The van der Waals surface area contributed by atoms with Gasteiger partial charge in [-0.3, -0.25) is 10.1 Å². The molecule has 1 rings (SSSR count). The Bertz CT molecular complexity index is 408. The van der Waals surface area contributed by atoms with Gasteiger partial charge in [-0.15, -0.1) is 0 Å². The van der Waals surface area contributed by atoms with Gasteiger partial charge in [0.25, 0.3) is 0 Å². The maximum absolute atomic E-state index is 11.2. The Hall–Kier alpha value is -1.69. The average Bonchev–Trinajstić information content (AvgIpc) is 2.17. The highest BCUT2D eigenvalue weighted by Gasteiger charge is 2.17. The molecule has 0 amide bonds. The van der Waals surface area contributed by atoms with Crippen LogP contribution < -0.4 is 0 Å². The number of hydrogen-bond donors (Lipinski definition) is 0. The number of esters is 1. The molecule has 0 atom stereocenters. The second kappa shape index (κ2) is 4.70. The van der Waals surface area contributed by atoms with Crippen LogP contribution in [0.25, 0.3) is 0 Å². The van der Waals surface area contributed by atoms with E-state index in [4.69, 9.17) is 11.6 Å². The Morgan fingerprint density at radius 1 is 1.73 bits per heavy atom. The first kappa shape index (κ1) is 11.4. The van der Waals surface area contributed by atoms with E-state index in [2.05, 4.69) is 9.72 Å². The van der Waals surface area contributed by atoms with Gasteiger partial charge in [0.05, 0.1) is 11.5 Å². The summed E-state index contributed by atoms with van der Waals surface area (Å²) in [4.78, 5) is 24.5. The largest absolute Gasteiger partial charge is 0.461 e. The van der Waals surface area contributed by atoms with Gasteiger partial charge in [-0.2, -0.15) is 0 Å². The molecule has 0 aliphatic heterocycles. The summed E-state index contributed by atoms with van der Waals surface area (Å²) in [7, 11) is 0. The fraction of sp³-hybridized carbons (Fsp3) is 0.250. The molecular weight excluding hydrogens is 224 g/mol. The number of aromatic nitrogens is 1. The summed E-state index contributed by atoms with van der Waals surface area (Å²) in [5.41, 5.74) is -0.392. The van der Waals surface area contributed by atoms with Crippen LogP contribution in [-0.2, 0) is 4.74 Å². The molecule has 0 unspecified atom stereocenters. The van der Waals surface area contributed by atoms with E-state index >= 15 is 0 Å². The maximum Gasteiger partial charge on any atom is 0.356 e. The molecule has 1 heterocycles. The summed E-state index contributed by atoms with van der Waals surface area (Å²) >= 11 is 5.58. The lowest BCUT2D eigenvalue weighted by Gasteiger charge is -2.00. The molecule has 15 heavy (non-hydrogen) atoms. The van der Waals surface area contributed by atoms with E-state index in [0.29, 0.717) is 0 Å². The summed E-state index contributed by atoms with van der Waals surface area (Å²) in [6, 6.07) is 1.11. The molecule has 7 heteroatoms. The van der Waals surface area contributed by atoms with Crippen LogP contribution in [0.5, 0.6) is 0 Å². The third-order valence-electron chi connectivity index (χ3n) is 1.52. The van der Waals surface area contributed by atoms with E-state index < -0.39 is 10.9 Å². The van der Waals surface area contributed by atoms with E-state index in [1.807, 2.05) is 0 Å². The molecule has 0 aromatic carbocycles. The van der Waals surface area contributed by atoms with Gasteiger partial charge in [-0.25, -0.2) is 9.78 Å². The summed E-state index contributed by atoms with van der Waals surface area (Å²) in [5, 5.41) is 10.3. The number of rotatable bonds is 3. The van der Waals surface area contributed by atoms with E-state index in [9.17, 15) is 14.9 Å². The van der Waals surface area contributed by atoms with Crippen molar-refractivity contribution in [3.63, 3.8) is 0 Å². The van der Waals surface area contributed by atoms with Crippen molar-refractivity contribution in [1.29, 1.82) is 0 Å². The number of carbonyl (C=O) groups is 1. The first-order chi connectivity index (χ1) is 7.06. The number of hydrogen-bond acceptors (Lipinski definition) is 5. The Morgan fingerprint density at radius 2 is 2.40 bits per heavy atom. The fourth-order valence-corrected chi connectivity index (χ4v) is 1.10. The maximum atomic E-state index is 11.2. The lowest BCUT2D eigenvalue weighted by atomic mass is 10.3. The summed E-state index contributed by atoms with van der Waals surface area (Å²) in [5.74, 6) is -0.658. The van der Waals surface area contributed by atoms with Crippen LogP contribution in [0.15, 0.2) is 12.3 Å². The lowest BCUT2D eigenvalue weighted by Crippen LogP contribution is -2.07. The standard InChI is InChI=1S/C8H7ClN2O4/c1-2-15-8(12)6-3-5(9)7(4-10-6)11(13)14/h3-4H,2H2,1H3. The minimum Gasteiger partial charge on any atom is -0.461 e. The molecule has 0 N–H and O–H groups in total. The zero-order valence-electron chi connectivity index (χ0n) is 7.77. The number of halogens is 1. The normalized spacial score (nSPS) is 9.73. The monoisotopic (exact) mass is 230 g/mol. The Balaban J connectivity index is 3.01. The van der Waals surface area contributed by atoms with E-state index in [0.717, 1.165) is 12.3 Å². The lowest BCUT2D eigenvalue weighted by molar-refractivity contribution is -0.385. The highest BCUT2D eigenvalue weighted by molar-refractivity contribution is 6.32. The van der Waals surface area contributed by atoms with Crippen LogP contribution in [0.3, 0.4) is 0 Å². The Morgan fingerprint density at radius 3 is 2.87 bits per heavy atom. The molecule has 0 aliphatic rings. The molecule has 0 radical (unpaired) electrons. The second-order valence-corrected chi connectivity index (χ2v) is 2.91. The SMILES string of the molecule is CCOC(=O)c1cc(Cl)c([N+](=O)[O-])cn1. The zero-order chi connectivity index (χ0) is 11.4. The van der Waals surface area contributed by atoms with Crippen LogP contribution in [0.4, 0.5) is 5.69 Å². The van der Waals surface area contributed by atoms with E-state index in [-0.39, 0.29) is 23.0 Å². The second-order valence-electron chi connectivity index (χ2n) is 2.50. The molecule has 6 nitrogen and oxygen atoms in total. The van der Waals surface area contributed by atoms with E-state index in [1.54, 1.807) is 6.92 Å². The van der Waals surface area contributed by atoms with Gasteiger partial charge in [0, 0.05) is 0 Å². The third kappa shape index (κ3) is 2.63. The quantitative estimate of drug-likeness (QED) is 0.449. The van der Waals surface area contributed by atoms with Crippen LogP contribution in [0.1, 0.15) is 17.4 Å². The topological polar surface area (TPSA) is 82.3 Å². The summed E-state index contributed by atoms with van der Waals surface area (Å²) in [6.07, 6.45) is 0.925. The predicted molar refractivity (Wildman–Crippen MR) is 51.9 cm³/mol. The van der Waals surface area contributed by atoms with Gasteiger partial charge in [-0.05, 0) is 13.0 Å². The molecule has 1 aromatic heterocycles. The molecule has 0 saturated carbocycles. The van der Waals surface area contributed by atoms with Crippen molar-refractivity contribution in [2.75, 3.05) is 6.61 Å². The number of nitrogens with zero attached hydrogens (tertiary/aromatic N) is 2. The Kier molecular flexibility index (Phi) is 3.56. The molecule has 0 aliphatic carbocycles. The predicted octanol–water partition coefficient (Wildman–Crippen LogP) is 1.82. The first-order valence-corrected chi connectivity index (χ1v) is 4.41. The van der Waals surface area contributed by atoms with E-state index in [1.165, 1.54) is 0 Å². The zero-order valence-corrected chi connectivity index (χ0v) is 8.52. The molecule has 1 aromatic rings. The van der Waals surface area contributed by atoms with Crippen molar-refractivity contribution < 1.29 is 14.5 Å². The first-order valence-electron chi connectivity index (χ1n) is 4.03. The highest BCUT2D eigenvalue weighted by atomic mass is 35.5. The minimum absolute atomic E-state index is 0.0487. The average molecular weight is 231 g/mol. The van der Waals surface area contributed by atoms with Gasteiger partial charge in [0.2, 0.25) is 0 Å². The molecule has 0 bridgehead atoms. The van der Waals surface area contributed by atoms with Crippen LogP contribution >= 0.6 is 11.6 Å². The fourth-order valence-electron chi connectivity index (χ4n) is 0.875. The molecule has 0 spiro atoms. The van der Waals surface area contributed by atoms with Crippen molar-refractivity contribution in [1.82, 2.24) is 4.98 Å². The van der Waals surface area contributed by atoms with Crippen molar-refractivity contribution in [3.8, 4) is 0 Å².